The SMILES string of the molecule is CN=C(NCC(=O)NCCc1ccccc1)N(C)Cc1ccccc1OC. The van der Waals surface area contributed by atoms with E-state index < -0.39 is 0 Å². The number of nitrogens with zero attached hydrogens (tertiary/aromatic N) is 2. The van der Waals surface area contributed by atoms with Gasteiger partial charge in [-0.05, 0) is 18.1 Å². The summed E-state index contributed by atoms with van der Waals surface area (Å²) in [6.45, 7) is 1.41. The van der Waals surface area contributed by atoms with Gasteiger partial charge in [-0.1, -0.05) is 48.5 Å². The topological polar surface area (TPSA) is 66.0 Å². The van der Waals surface area contributed by atoms with E-state index in [1.54, 1.807) is 14.2 Å². The van der Waals surface area contributed by atoms with Crippen LogP contribution in [0.25, 0.3) is 0 Å². The highest BCUT2D eigenvalue weighted by molar-refractivity contribution is 5.86. The molecule has 2 aromatic carbocycles. The van der Waals surface area contributed by atoms with E-state index in [9.17, 15) is 4.79 Å². The number of benzene rings is 2. The van der Waals surface area contributed by atoms with Crippen LogP contribution >= 0.6 is 0 Å². The van der Waals surface area contributed by atoms with Crippen molar-refractivity contribution < 1.29 is 9.53 Å². The van der Waals surface area contributed by atoms with Gasteiger partial charge in [-0.15, -0.1) is 0 Å². The lowest BCUT2D eigenvalue weighted by Gasteiger charge is -2.23. The van der Waals surface area contributed by atoms with Gasteiger partial charge in [0.2, 0.25) is 5.91 Å². The Bertz CT molecular complexity index is 747. The Labute approximate surface area is 161 Å². The highest BCUT2D eigenvalue weighted by Crippen LogP contribution is 2.18. The molecule has 0 atom stereocenters. The standard InChI is InChI=1S/C21H28N4O2/c1-22-21(25(2)16-18-11-7-8-12-19(18)27-3)24-15-20(26)23-14-13-17-9-5-4-6-10-17/h4-12H,13-16H2,1-3H3,(H,22,24)(H,23,26). The highest BCUT2D eigenvalue weighted by Gasteiger charge is 2.11. The molecule has 6 heteroatoms. The van der Waals surface area contributed by atoms with Gasteiger partial charge in [0.05, 0.1) is 13.7 Å². The number of hydrogen-bond acceptors (Lipinski definition) is 3. The molecule has 0 radical (unpaired) electrons. The monoisotopic (exact) mass is 368 g/mol. The normalized spacial score (nSPS) is 11.0. The number of rotatable bonds is 8. The maximum absolute atomic E-state index is 12.1. The molecule has 0 unspecified atom stereocenters. The summed E-state index contributed by atoms with van der Waals surface area (Å²) in [5, 5.41) is 6.02. The second kappa shape index (κ2) is 10.9. The van der Waals surface area contributed by atoms with Crippen LogP contribution in [0.1, 0.15) is 11.1 Å². The lowest BCUT2D eigenvalue weighted by atomic mass is 10.1. The van der Waals surface area contributed by atoms with Gasteiger partial charge in [0.25, 0.3) is 0 Å². The van der Waals surface area contributed by atoms with E-state index in [0.29, 0.717) is 19.0 Å². The molecule has 2 aromatic rings. The van der Waals surface area contributed by atoms with Crippen molar-refractivity contribution in [3.05, 3.63) is 65.7 Å². The molecule has 0 fully saturated rings. The molecular weight excluding hydrogens is 340 g/mol. The molecule has 2 rings (SSSR count). The van der Waals surface area contributed by atoms with Gasteiger partial charge in [-0.2, -0.15) is 0 Å². The first-order chi connectivity index (χ1) is 13.1. The minimum Gasteiger partial charge on any atom is -0.496 e. The van der Waals surface area contributed by atoms with Crippen LogP contribution in [-0.2, 0) is 17.8 Å². The minimum absolute atomic E-state index is 0.0576. The van der Waals surface area contributed by atoms with Crippen LogP contribution in [0.5, 0.6) is 5.75 Å². The second-order valence-corrected chi connectivity index (χ2v) is 6.15. The molecule has 0 spiro atoms. The Balaban J connectivity index is 1.77. The van der Waals surface area contributed by atoms with Gasteiger partial charge in [-0.3, -0.25) is 9.79 Å². The number of carbonyl (C=O) groups excluding carboxylic acids is 1. The van der Waals surface area contributed by atoms with E-state index in [2.05, 4.69) is 27.8 Å². The molecule has 0 bridgehead atoms. The molecule has 0 aromatic heterocycles. The van der Waals surface area contributed by atoms with Gasteiger partial charge in [0.1, 0.15) is 5.75 Å². The van der Waals surface area contributed by atoms with Gasteiger partial charge < -0.3 is 20.3 Å². The van der Waals surface area contributed by atoms with E-state index >= 15 is 0 Å². The smallest absolute Gasteiger partial charge is 0.239 e. The van der Waals surface area contributed by atoms with Crippen LogP contribution in [0.4, 0.5) is 0 Å². The lowest BCUT2D eigenvalue weighted by Crippen LogP contribution is -2.44. The molecule has 0 saturated heterocycles. The summed E-state index contributed by atoms with van der Waals surface area (Å²) in [6.07, 6.45) is 0.814. The molecule has 27 heavy (non-hydrogen) atoms. The van der Waals surface area contributed by atoms with Crippen molar-refractivity contribution in [2.45, 2.75) is 13.0 Å². The molecule has 144 valence electrons. The quantitative estimate of drug-likeness (QED) is 0.553. The number of ether oxygens (including phenoxy) is 1. The summed E-state index contributed by atoms with van der Waals surface area (Å²) in [6, 6.07) is 18.0. The molecule has 0 saturated carbocycles. The molecule has 0 heterocycles. The minimum atomic E-state index is -0.0576. The fraction of sp³-hybridized carbons (Fsp3) is 0.333. The predicted octanol–water partition coefficient (Wildman–Crippen LogP) is 2.06. The number of carbonyl (C=O) groups is 1. The number of methoxy groups -OCH3 is 1. The van der Waals surface area contributed by atoms with Crippen molar-refractivity contribution in [2.75, 3.05) is 34.3 Å². The molecule has 0 aliphatic rings. The Hall–Kier alpha value is -3.02. The Morgan fingerprint density at radius 1 is 1.07 bits per heavy atom. The summed E-state index contributed by atoms with van der Waals surface area (Å²) in [7, 11) is 5.29. The van der Waals surface area contributed by atoms with E-state index in [4.69, 9.17) is 4.74 Å². The largest absolute Gasteiger partial charge is 0.496 e. The van der Waals surface area contributed by atoms with Crippen LogP contribution in [0, 0.1) is 0 Å². The van der Waals surface area contributed by atoms with E-state index in [0.717, 1.165) is 17.7 Å². The first-order valence-electron chi connectivity index (χ1n) is 8.98. The Morgan fingerprint density at radius 2 is 1.78 bits per heavy atom. The first kappa shape index (κ1) is 20.3. The highest BCUT2D eigenvalue weighted by atomic mass is 16.5. The summed E-state index contributed by atoms with van der Waals surface area (Å²) in [5.74, 6) is 1.43. The maximum atomic E-state index is 12.1. The lowest BCUT2D eigenvalue weighted by molar-refractivity contribution is -0.120. The summed E-state index contributed by atoms with van der Waals surface area (Å²) < 4.78 is 5.39. The molecule has 6 nitrogen and oxygen atoms in total. The van der Waals surface area contributed by atoms with Crippen molar-refractivity contribution in [3.8, 4) is 5.75 Å². The van der Waals surface area contributed by atoms with Crippen LogP contribution in [0.2, 0.25) is 0 Å². The van der Waals surface area contributed by atoms with Crippen LogP contribution < -0.4 is 15.4 Å². The number of amides is 1. The molecule has 1 amide bonds. The maximum Gasteiger partial charge on any atom is 0.239 e. The third kappa shape index (κ3) is 6.66. The van der Waals surface area contributed by atoms with Crippen molar-refractivity contribution in [1.82, 2.24) is 15.5 Å². The van der Waals surface area contributed by atoms with Crippen LogP contribution in [0.15, 0.2) is 59.6 Å². The Kier molecular flexibility index (Phi) is 8.16. The van der Waals surface area contributed by atoms with Crippen molar-refractivity contribution in [2.24, 2.45) is 4.99 Å². The zero-order chi connectivity index (χ0) is 19.5. The zero-order valence-electron chi connectivity index (χ0n) is 16.2. The number of hydrogen-bond donors (Lipinski definition) is 2. The fourth-order valence-electron chi connectivity index (χ4n) is 2.76. The Morgan fingerprint density at radius 3 is 2.48 bits per heavy atom. The van der Waals surface area contributed by atoms with E-state index in [-0.39, 0.29) is 12.5 Å². The van der Waals surface area contributed by atoms with Gasteiger partial charge in [0, 0.05) is 32.7 Å². The molecule has 0 aliphatic heterocycles. The first-order valence-corrected chi connectivity index (χ1v) is 8.98. The molecule has 0 aliphatic carbocycles. The van der Waals surface area contributed by atoms with Crippen molar-refractivity contribution in [1.29, 1.82) is 0 Å². The van der Waals surface area contributed by atoms with Crippen molar-refractivity contribution >= 4 is 11.9 Å². The summed E-state index contributed by atoms with van der Waals surface area (Å²) in [4.78, 5) is 18.3. The summed E-state index contributed by atoms with van der Waals surface area (Å²) in [5.41, 5.74) is 2.26. The predicted molar refractivity (Wildman–Crippen MR) is 109 cm³/mol. The van der Waals surface area contributed by atoms with E-state index in [1.807, 2.05) is 54.4 Å². The second-order valence-electron chi connectivity index (χ2n) is 6.15. The average Bonchev–Trinajstić information content (AvgIpc) is 2.69. The average molecular weight is 368 g/mol. The number of para-hydroxylation sites is 1. The third-order valence-electron chi connectivity index (χ3n) is 4.16. The van der Waals surface area contributed by atoms with Crippen LogP contribution in [0.3, 0.4) is 0 Å². The zero-order valence-corrected chi connectivity index (χ0v) is 16.2. The molecular formula is C21H28N4O2. The number of nitrogens with one attached hydrogen (secondary N) is 2. The van der Waals surface area contributed by atoms with Gasteiger partial charge in [0.15, 0.2) is 5.96 Å². The van der Waals surface area contributed by atoms with Gasteiger partial charge >= 0.3 is 0 Å². The van der Waals surface area contributed by atoms with Crippen molar-refractivity contribution in [3.63, 3.8) is 0 Å². The molecule has 2 N–H and O–H groups in total. The van der Waals surface area contributed by atoms with E-state index in [1.165, 1.54) is 5.56 Å². The summed E-state index contributed by atoms with van der Waals surface area (Å²) >= 11 is 0. The van der Waals surface area contributed by atoms with Crippen LogP contribution in [-0.4, -0.2) is 51.1 Å². The van der Waals surface area contributed by atoms with Gasteiger partial charge in [-0.25, -0.2) is 0 Å². The number of guanidine groups is 1. The fourth-order valence-corrected chi connectivity index (χ4v) is 2.76. The third-order valence-corrected chi connectivity index (χ3v) is 4.16. The number of aliphatic imine (C=N–C) groups is 1.